The molecule has 4 aromatic rings. The highest BCUT2D eigenvalue weighted by atomic mass is 79.9. The summed E-state index contributed by atoms with van der Waals surface area (Å²) in [5, 5.41) is 1.53. The van der Waals surface area contributed by atoms with Crippen molar-refractivity contribution in [3.63, 3.8) is 0 Å². The van der Waals surface area contributed by atoms with Crippen LogP contribution in [-0.2, 0) is 0 Å². The van der Waals surface area contributed by atoms with Gasteiger partial charge < -0.3 is 0 Å². The minimum absolute atomic E-state index is 0.0168. The Bertz CT molecular complexity index is 1210. The largest absolute Gasteiger partial charge is 0.137 e. The quantitative estimate of drug-likeness (QED) is 0.184. The summed E-state index contributed by atoms with van der Waals surface area (Å²) in [7, 11) is 0. The van der Waals surface area contributed by atoms with Gasteiger partial charge in [0.05, 0.1) is 10.5 Å². The van der Waals surface area contributed by atoms with Crippen LogP contribution in [0.15, 0.2) is 118 Å². The molecule has 0 aromatic heterocycles. The van der Waals surface area contributed by atoms with Crippen LogP contribution >= 0.6 is 66.8 Å². The molecule has 0 heterocycles. The lowest BCUT2D eigenvalue weighted by atomic mass is 10.1. The third-order valence-corrected chi connectivity index (χ3v) is 8.54. The van der Waals surface area contributed by atoms with Gasteiger partial charge in [-0.3, -0.25) is 0 Å². The van der Waals surface area contributed by atoms with Crippen molar-refractivity contribution in [1.82, 2.24) is 0 Å². The summed E-state index contributed by atoms with van der Waals surface area (Å²) in [6, 6.07) is 32.6. The van der Waals surface area contributed by atoms with Gasteiger partial charge in [0.2, 0.25) is 0 Å². The summed E-state index contributed by atoms with van der Waals surface area (Å²) in [6.45, 7) is 0. The summed E-state index contributed by atoms with van der Waals surface area (Å²) in [5.41, 5.74) is 4.40. The van der Waals surface area contributed by atoms with Gasteiger partial charge >= 0.3 is 0 Å². The van der Waals surface area contributed by atoms with Crippen LogP contribution in [0, 0.1) is 0 Å². The van der Waals surface area contributed by atoms with Crippen LogP contribution in [0.1, 0.15) is 32.8 Å². The van der Waals surface area contributed by atoms with Gasteiger partial charge in [-0.05, 0) is 58.7 Å². The second kappa shape index (κ2) is 13.0. The van der Waals surface area contributed by atoms with Crippen molar-refractivity contribution in [3.05, 3.63) is 150 Å². The summed E-state index contributed by atoms with van der Waals surface area (Å²) >= 11 is 22.2. The Morgan fingerprint density at radius 2 is 0.914 bits per heavy atom. The fourth-order valence-corrected chi connectivity index (χ4v) is 6.08. The smallest absolute Gasteiger partial charge is 0.0504 e. The topological polar surface area (TPSA) is 0 Å². The lowest BCUT2D eigenvalue weighted by Gasteiger charge is -2.22. The Labute approximate surface area is 238 Å². The molecule has 0 aliphatic rings. The third-order valence-electron chi connectivity index (χ3n) is 5.38. The predicted molar refractivity (Wildman–Crippen MR) is 162 cm³/mol. The number of thioether (sulfide) groups is 1. The van der Waals surface area contributed by atoms with Crippen LogP contribution in [0.2, 0.25) is 10.0 Å². The van der Waals surface area contributed by atoms with Crippen LogP contribution < -0.4 is 0 Å². The van der Waals surface area contributed by atoms with Gasteiger partial charge in [-0.1, -0.05) is 140 Å². The van der Waals surface area contributed by atoms with E-state index in [1.165, 1.54) is 0 Å². The second-order valence-electron chi connectivity index (χ2n) is 7.84. The molecule has 5 heteroatoms. The van der Waals surface area contributed by atoms with Gasteiger partial charge in [0.1, 0.15) is 0 Å². The van der Waals surface area contributed by atoms with E-state index < -0.39 is 0 Å². The monoisotopic (exact) mass is 642 g/mol. The molecule has 0 saturated heterocycles. The lowest BCUT2D eigenvalue weighted by Crippen LogP contribution is -1.98. The molecule has 0 aliphatic heterocycles. The van der Waals surface area contributed by atoms with Crippen LogP contribution in [0.4, 0.5) is 0 Å². The number of rotatable bonds is 8. The van der Waals surface area contributed by atoms with Crippen molar-refractivity contribution >= 4 is 79.0 Å². The van der Waals surface area contributed by atoms with Crippen molar-refractivity contribution in [1.29, 1.82) is 0 Å². The highest BCUT2D eigenvalue weighted by Gasteiger charge is 2.20. The molecule has 0 aliphatic carbocycles. The van der Waals surface area contributed by atoms with E-state index >= 15 is 0 Å². The Morgan fingerprint density at radius 3 is 1.29 bits per heavy atom. The molecule has 0 spiro atoms. The van der Waals surface area contributed by atoms with E-state index in [4.69, 9.17) is 23.2 Å². The Morgan fingerprint density at radius 1 is 0.543 bits per heavy atom. The number of benzene rings is 4. The molecule has 0 nitrogen and oxygen atoms in total. The van der Waals surface area contributed by atoms with Crippen molar-refractivity contribution in [2.24, 2.45) is 0 Å². The molecule has 0 saturated carbocycles. The zero-order valence-electron chi connectivity index (χ0n) is 18.6. The molecule has 2 unspecified atom stereocenters. The van der Waals surface area contributed by atoms with Crippen molar-refractivity contribution in [2.75, 3.05) is 0 Å². The molecule has 2 atom stereocenters. The van der Waals surface area contributed by atoms with Gasteiger partial charge in [-0.2, -0.15) is 0 Å². The molecule has 0 bridgehead atoms. The molecule has 0 amide bonds. The molecule has 176 valence electrons. The van der Waals surface area contributed by atoms with Crippen molar-refractivity contribution < 1.29 is 0 Å². The van der Waals surface area contributed by atoms with Gasteiger partial charge in [-0.15, -0.1) is 11.8 Å². The maximum absolute atomic E-state index is 6.67. The van der Waals surface area contributed by atoms with E-state index in [0.717, 1.165) is 41.2 Å². The van der Waals surface area contributed by atoms with E-state index in [-0.39, 0.29) is 10.5 Å². The van der Waals surface area contributed by atoms with Gasteiger partial charge in [0, 0.05) is 19.0 Å². The predicted octanol–water partition coefficient (Wildman–Crippen LogP) is 11.5. The highest BCUT2D eigenvalue weighted by Crippen LogP contribution is 2.46. The Balaban J connectivity index is 1.71. The summed E-state index contributed by atoms with van der Waals surface area (Å²) in [4.78, 5) is 0. The van der Waals surface area contributed by atoms with Crippen LogP contribution in [-0.4, -0.2) is 0 Å². The summed E-state index contributed by atoms with van der Waals surface area (Å²) < 4.78 is 2.12. The highest BCUT2D eigenvalue weighted by molar-refractivity contribution is 9.10. The summed E-state index contributed by atoms with van der Waals surface area (Å²) in [6.07, 6.45) is 8.73. The normalized spacial score (nSPS) is 13.4. The van der Waals surface area contributed by atoms with Crippen LogP contribution in [0.3, 0.4) is 0 Å². The summed E-state index contributed by atoms with van der Waals surface area (Å²) in [5.74, 6) is 0. The Kier molecular flexibility index (Phi) is 9.76. The van der Waals surface area contributed by atoms with E-state index in [9.17, 15) is 0 Å². The molecular weight excluding hydrogens is 623 g/mol. The number of hydrogen-bond donors (Lipinski definition) is 0. The lowest BCUT2D eigenvalue weighted by molar-refractivity contribution is 1.17. The number of hydrogen-bond acceptors (Lipinski definition) is 1. The minimum Gasteiger partial charge on any atom is -0.137 e. The first-order valence-corrected chi connectivity index (χ1v) is 14.3. The molecule has 0 fully saturated rings. The molecule has 35 heavy (non-hydrogen) atoms. The molecular formula is C30H22Br2Cl2S. The number of halogens is 4. The molecule has 0 radical (unpaired) electrons. The maximum Gasteiger partial charge on any atom is 0.0504 e. The average molecular weight is 645 g/mol. The molecule has 0 N–H and O–H groups in total. The molecule has 4 rings (SSSR count). The van der Waals surface area contributed by atoms with Gasteiger partial charge in [0.25, 0.3) is 0 Å². The SMILES string of the molecule is Clc1ccccc1C(/C=C\c1ccc(Br)cc1)SC(/C=C\c1ccc(Br)cc1)c1ccccc1Cl. The standard InChI is InChI=1S/C30H22Br2Cl2S/c31-23-15-9-21(10-16-23)13-19-29(25-5-1-3-7-27(25)33)35-30(26-6-2-4-8-28(26)34)20-14-22-11-17-24(32)18-12-22/h1-20,29-30H/b19-13-,20-14-. The average Bonchev–Trinajstić information content (AvgIpc) is 2.87. The first kappa shape index (κ1) is 26.3. The van der Waals surface area contributed by atoms with Crippen LogP contribution in [0.5, 0.6) is 0 Å². The van der Waals surface area contributed by atoms with E-state index in [1.807, 2.05) is 72.4 Å². The van der Waals surface area contributed by atoms with E-state index in [1.54, 1.807) is 0 Å². The first-order chi connectivity index (χ1) is 17.0. The third kappa shape index (κ3) is 7.62. The zero-order valence-corrected chi connectivity index (χ0v) is 24.1. The molecule has 4 aromatic carbocycles. The van der Waals surface area contributed by atoms with Gasteiger partial charge in [-0.25, -0.2) is 0 Å². The fourth-order valence-electron chi connectivity index (χ4n) is 3.56. The van der Waals surface area contributed by atoms with Crippen molar-refractivity contribution in [2.45, 2.75) is 10.5 Å². The van der Waals surface area contributed by atoms with Crippen molar-refractivity contribution in [3.8, 4) is 0 Å². The van der Waals surface area contributed by atoms with E-state index in [2.05, 4.69) is 92.6 Å². The zero-order chi connectivity index (χ0) is 24.6. The Hall–Kier alpha value is -1.75. The second-order valence-corrected chi connectivity index (χ2v) is 11.8. The van der Waals surface area contributed by atoms with Crippen LogP contribution in [0.25, 0.3) is 12.2 Å². The van der Waals surface area contributed by atoms with E-state index in [0.29, 0.717) is 0 Å². The maximum atomic E-state index is 6.67. The fraction of sp³-hybridized carbons (Fsp3) is 0.0667. The minimum atomic E-state index is 0.0168. The van der Waals surface area contributed by atoms with Gasteiger partial charge in [0.15, 0.2) is 0 Å². The first-order valence-electron chi connectivity index (χ1n) is 11.0.